The number of anilines is 2. The van der Waals surface area contributed by atoms with Gasteiger partial charge in [-0.3, -0.25) is 9.78 Å². The van der Waals surface area contributed by atoms with Crippen molar-refractivity contribution in [3.63, 3.8) is 0 Å². The number of nitrogen functional groups attached to an aromatic ring is 1. The first kappa shape index (κ1) is 25.3. The van der Waals surface area contributed by atoms with Crippen molar-refractivity contribution in [3.05, 3.63) is 65.6 Å². The molecule has 3 heterocycles. The highest BCUT2D eigenvalue weighted by Crippen LogP contribution is 2.39. The fraction of sp³-hybridized carbons (Fsp3) is 0.292. The number of ether oxygens (including phenoxy) is 1. The summed E-state index contributed by atoms with van der Waals surface area (Å²) in [6, 6.07) is 4.54. The molecule has 1 fully saturated rings. The molecule has 4 rings (SSSR count). The van der Waals surface area contributed by atoms with Crippen molar-refractivity contribution in [2.45, 2.75) is 19.0 Å². The van der Waals surface area contributed by atoms with Crippen LogP contribution in [0.2, 0.25) is 0 Å². The number of alkyl halides is 3. The minimum absolute atomic E-state index is 0.135. The molecule has 0 aliphatic carbocycles. The molecule has 0 spiro atoms. The monoisotopic (exact) mass is 507 g/mol. The Morgan fingerprint density at radius 1 is 1.17 bits per heavy atom. The van der Waals surface area contributed by atoms with Gasteiger partial charge in [0.1, 0.15) is 23.1 Å². The normalized spacial score (nSPS) is 14.5. The first-order valence-electron chi connectivity index (χ1n) is 11.1. The van der Waals surface area contributed by atoms with Gasteiger partial charge in [-0.15, -0.1) is 0 Å². The molecule has 4 N–H and O–H groups in total. The summed E-state index contributed by atoms with van der Waals surface area (Å²) < 4.78 is 75.6. The van der Waals surface area contributed by atoms with Gasteiger partial charge in [-0.25, -0.2) is 13.8 Å². The standard InChI is InChI=1S/C24H22F5N5O2/c25-15-2-1-3-16(26)20(15)21-14(24(27,28)29)10-17(30)22(34-21)23(35)33-18-11-32-9-6-19(18)36-12-13-4-7-31-8-5-13/h1-3,6,9-11,13,31H,4-5,7-8,12,30H2,(H,33,35). The number of piperidine rings is 1. The SMILES string of the molecule is Nc1cc(C(F)(F)F)c(-c2c(F)cccc2F)nc1C(=O)Nc1cnccc1OCC1CCNCC1. The van der Waals surface area contributed by atoms with E-state index in [1.54, 1.807) is 0 Å². The lowest BCUT2D eigenvalue weighted by Crippen LogP contribution is -2.30. The number of nitrogens with one attached hydrogen (secondary N) is 2. The molecule has 36 heavy (non-hydrogen) atoms. The third-order valence-electron chi connectivity index (χ3n) is 5.73. The number of hydrogen-bond donors (Lipinski definition) is 3. The minimum Gasteiger partial charge on any atom is -0.491 e. The van der Waals surface area contributed by atoms with E-state index in [0.717, 1.165) is 44.1 Å². The molecule has 12 heteroatoms. The zero-order valence-corrected chi connectivity index (χ0v) is 18.8. The molecule has 1 aromatic carbocycles. The van der Waals surface area contributed by atoms with Gasteiger partial charge in [-0.2, -0.15) is 13.2 Å². The molecular formula is C24H22F5N5O2. The highest BCUT2D eigenvalue weighted by Gasteiger charge is 2.37. The predicted octanol–water partition coefficient (Wildman–Crippen LogP) is 4.65. The number of rotatable bonds is 6. The smallest absolute Gasteiger partial charge is 0.418 e. The molecular weight excluding hydrogens is 485 g/mol. The fourth-order valence-electron chi connectivity index (χ4n) is 3.88. The molecule has 1 saturated heterocycles. The second-order valence-electron chi connectivity index (χ2n) is 8.25. The van der Waals surface area contributed by atoms with Crippen LogP contribution in [0, 0.1) is 17.6 Å². The Morgan fingerprint density at radius 2 is 1.86 bits per heavy atom. The van der Waals surface area contributed by atoms with Crippen LogP contribution < -0.4 is 21.1 Å². The van der Waals surface area contributed by atoms with E-state index in [1.165, 1.54) is 18.5 Å². The summed E-state index contributed by atoms with van der Waals surface area (Å²) >= 11 is 0. The average Bonchev–Trinajstić information content (AvgIpc) is 2.84. The van der Waals surface area contributed by atoms with Gasteiger partial charge in [-0.05, 0) is 50.0 Å². The third kappa shape index (κ3) is 5.54. The first-order valence-corrected chi connectivity index (χ1v) is 11.1. The summed E-state index contributed by atoms with van der Waals surface area (Å²) in [6.45, 7) is 2.14. The second kappa shape index (κ2) is 10.4. The Balaban J connectivity index is 1.66. The Kier molecular flexibility index (Phi) is 7.34. The number of halogens is 5. The van der Waals surface area contributed by atoms with Crippen molar-refractivity contribution in [2.24, 2.45) is 5.92 Å². The molecule has 3 aromatic rings. The number of nitrogens with zero attached hydrogens (tertiary/aromatic N) is 2. The quantitative estimate of drug-likeness (QED) is 0.420. The molecule has 7 nitrogen and oxygen atoms in total. The summed E-state index contributed by atoms with van der Waals surface area (Å²) in [5.74, 6) is -2.94. The summed E-state index contributed by atoms with van der Waals surface area (Å²) in [5.41, 5.74) is 1.00. The maximum Gasteiger partial charge on any atom is 0.418 e. The Labute approximate surface area is 202 Å². The van der Waals surface area contributed by atoms with Gasteiger partial charge in [0.15, 0.2) is 5.69 Å². The lowest BCUT2D eigenvalue weighted by Gasteiger charge is -2.23. The topological polar surface area (TPSA) is 102 Å². The van der Waals surface area contributed by atoms with E-state index in [1.807, 2.05) is 0 Å². The Bertz CT molecular complexity index is 1240. The van der Waals surface area contributed by atoms with Crippen LogP contribution in [0.3, 0.4) is 0 Å². The van der Waals surface area contributed by atoms with Crippen LogP contribution in [0.15, 0.2) is 42.7 Å². The zero-order valence-electron chi connectivity index (χ0n) is 18.8. The number of aromatic nitrogens is 2. The number of hydrogen-bond acceptors (Lipinski definition) is 6. The van der Waals surface area contributed by atoms with Crippen molar-refractivity contribution in [2.75, 3.05) is 30.7 Å². The van der Waals surface area contributed by atoms with Crippen molar-refractivity contribution < 1.29 is 31.5 Å². The Morgan fingerprint density at radius 3 is 2.53 bits per heavy atom. The van der Waals surface area contributed by atoms with Gasteiger partial charge in [0.2, 0.25) is 0 Å². The van der Waals surface area contributed by atoms with E-state index in [9.17, 15) is 26.7 Å². The molecule has 0 radical (unpaired) electrons. The van der Waals surface area contributed by atoms with E-state index in [0.29, 0.717) is 24.3 Å². The summed E-state index contributed by atoms with van der Waals surface area (Å²) in [6.07, 6.45) is -0.438. The number of benzene rings is 1. The summed E-state index contributed by atoms with van der Waals surface area (Å²) in [5, 5.41) is 5.72. The molecule has 1 amide bonds. The molecule has 190 valence electrons. The minimum atomic E-state index is -5.04. The first-order chi connectivity index (χ1) is 17.1. The largest absolute Gasteiger partial charge is 0.491 e. The lowest BCUT2D eigenvalue weighted by atomic mass is 9.99. The van der Waals surface area contributed by atoms with Gasteiger partial charge in [0.05, 0.1) is 35.3 Å². The van der Waals surface area contributed by atoms with Gasteiger partial charge >= 0.3 is 6.18 Å². The summed E-state index contributed by atoms with van der Waals surface area (Å²) in [4.78, 5) is 20.6. The van der Waals surface area contributed by atoms with Crippen LogP contribution >= 0.6 is 0 Å². The predicted molar refractivity (Wildman–Crippen MR) is 122 cm³/mol. The second-order valence-corrected chi connectivity index (χ2v) is 8.25. The molecule has 0 saturated carbocycles. The van der Waals surface area contributed by atoms with Crippen molar-refractivity contribution in [3.8, 4) is 17.0 Å². The van der Waals surface area contributed by atoms with Gasteiger partial charge < -0.3 is 21.1 Å². The lowest BCUT2D eigenvalue weighted by molar-refractivity contribution is -0.137. The fourth-order valence-corrected chi connectivity index (χ4v) is 3.88. The zero-order chi connectivity index (χ0) is 25.9. The van der Waals surface area contributed by atoms with Crippen molar-refractivity contribution in [1.29, 1.82) is 0 Å². The molecule has 1 aliphatic rings. The maximum atomic E-state index is 14.4. The van der Waals surface area contributed by atoms with E-state index >= 15 is 0 Å². The van der Waals surface area contributed by atoms with Crippen molar-refractivity contribution >= 4 is 17.3 Å². The number of carbonyl (C=O) groups is 1. The van der Waals surface area contributed by atoms with Crippen LogP contribution in [0.5, 0.6) is 5.75 Å². The number of amides is 1. The Hall–Kier alpha value is -3.80. The molecule has 0 bridgehead atoms. The van der Waals surface area contributed by atoms with Crippen LogP contribution in [0.25, 0.3) is 11.3 Å². The average molecular weight is 507 g/mol. The van der Waals surface area contributed by atoms with Crippen molar-refractivity contribution in [1.82, 2.24) is 15.3 Å². The van der Waals surface area contributed by atoms with Crippen LogP contribution in [0.4, 0.5) is 33.3 Å². The molecule has 1 aliphatic heterocycles. The van der Waals surface area contributed by atoms with Crippen LogP contribution in [-0.2, 0) is 6.18 Å². The maximum absolute atomic E-state index is 14.4. The highest BCUT2D eigenvalue weighted by molar-refractivity contribution is 6.07. The highest BCUT2D eigenvalue weighted by atomic mass is 19.4. The number of carbonyl (C=O) groups excluding carboxylic acids is 1. The van der Waals surface area contributed by atoms with Crippen LogP contribution in [-0.4, -0.2) is 35.6 Å². The van der Waals surface area contributed by atoms with E-state index in [4.69, 9.17) is 10.5 Å². The summed E-state index contributed by atoms with van der Waals surface area (Å²) in [7, 11) is 0. The third-order valence-corrected chi connectivity index (χ3v) is 5.73. The molecule has 0 unspecified atom stereocenters. The van der Waals surface area contributed by atoms with Gasteiger partial charge in [0, 0.05) is 12.3 Å². The van der Waals surface area contributed by atoms with E-state index in [-0.39, 0.29) is 5.69 Å². The van der Waals surface area contributed by atoms with Gasteiger partial charge in [0.25, 0.3) is 5.91 Å². The van der Waals surface area contributed by atoms with Gasteiger partial charge in [-0.1, -0.05) is 6.07 Å². The molecule has 2 aromatic heterocycles. The van der Waals surface area contributed by atoms with E-state index in [2.05, 4.69) is 20.6 Å². The molecule has 0 atom stereocenters. The number of pyridine rings is 2. The number of nitrogens with two attached hydrogens (primary N) is 1. The van der Waals surface area contributed by atoms with Crippen LogP contribution in [0.1, 0.15) is 28.9 Å². The van der Waals surface area contributed by atoms with E-state index < -0.39 is 51.9 Å².